The Balaban J connectivity index is 1.44. The molecule has 6 nitrogen and oxygen atoms in total. The van der Waals surface area contributed by atoms with E-state index < -0.39 is 0 Å². The summed E-state index contributed by atoms with van der Waals surface area (Å²) >= 11 is 6.09. The van der Waals surface area contributed by atoms with Crippen LogP contribution in [0, 0.1) is 11.3 Å². The molecule has 1 aliphatic carbocycles. The lowest BCUT2D eigenvalue weighted by atomic mass is 9.88. The number of amides is 1. The van der Waals surface area contributed by atoms with Crippen molar-refractivity contribution in [3.8, 4) is 6.07 Å². The molecule has 1 aromatic heterocycles. The highest BCUT2D eigenvalue weighted by molar-refractivity contribution is 6.30. The van der Waals surface area contributed by atoms with Crippen LogP contribution in [0.2, 0.25) is 5.02 Å². The Labute approximate surface area is 163 Å². The number of hydrogen-bond acceptors (Lipinski definition) is 5. The van der Waals surface area contributed by atoms with Crippen molar-refractivity contribution in [1.29, 1.82) is 5.26 Å². The third-order valence-corrected chi connectivity index (χ3v) is 5.72. The predicted octanol–water partition coefficient (Wildman–Crippen LogP) is 3.21. The van der Waals surface area contributed by atoms with Gasteiger partial charge in [-0.25, -0.2) is 9.97 Å². The highest BCUT2D eigenvalue weighted by Crippen LogP contribution is 2.31. The second-order valence-electron chi connectivity index (χ2n) is 7.77. The number of rotatable bonds is 3. The molecule has 2 heterocycles. The van der Waals surface area contributed by atoms with Crippen molar-refractivity contribution < 1.29 is 4.79 Å². The van der Waals surface area contributed by atoms with Crippen LogP contribution in [-0.2, 0) is 12.8 Å². The van der Waals surface area contributed by atoms with Gasteiger partial charge < -0.3 is 10.2 Å². The molecule has 1 N–H and O–H groups in total. The maximum atomic E-state index is 12.5. The normalized spacial score (nSPS) is 19.8. The fraction of sp³-hybridized carbons (Fsp3) is 0.400. The van der Waals surface area contributed by atoms with Crippen LogP contribution in [0.15, 0.2) is 24.5 Å². The summed E-state index contributed by atoms with van der Waals surface area (Å²) in [6.07, 6.45) is 5.64. The number of nitrogens with one attached hydrogen (secondary N) is 1. The standard InChI is InChI=1S/C20H20ClN5O/c1-20(2)3-4-26(20)18(27)14-10-23-19(24-11-14)25-16-7-12-5-15(21)6-13(9-22)17(12)8-16/h5-6,10-11,16H,3-4,7-8H2,1-2H3,(H,23,24,25)/t16-/m0/s1. The number of fused-ring (bicyclic) bond motifs is 1. The number of likely N-dealkylation sites (tertiary alicyclic amines) is 1. The Morgan fingerprint density at radius 2 is 2.07 bits per heavy atom. The topological polar surface area (TPSA) is 81.9 Å². The van der Waals surface area contributed by atoms with E-state index in [0.29, 0.717) is 22.1 Å². The molecule has 7 heteroatoms. The molecule has 1 aliphatic heterocycles. The Morgan fingerprint density at radius 1 is 1.33 bits per heavy atom. The number of carbonyl (C=O) groups excluding carboxylic acids is 1. The Morgan fingerprint density at radius 3 is 2.67 bits per heavy atom. The smallest absolute Gasteiger partial charge is 0.257 e. The van der Waals surface area contributed by atoms with Gasteiger partial charge in [-0.15, -0.1) is 0 Å². The molecule has 2 aliphatic rings. The van der Waals surface area contributed by atoms with E-state index in [1.807, 2.05) is 11.0 Å². The molecule has 0 radical (unpaired) electrons. The van der Waals surface area contributed by atoms with E-state index in [2.05, 4.69) is 35.2 Å². The van der Waals surface area contributed by atoms with Crippen LogP contribution in [0.3, 0.4) is 0 Å². The molecule has 0 bridgehead atoms. The molecular formula is C20H20ClN5O. The Hall–Kier alpha value is -2.65. The summed E-state index contributed by atoms with van der Waals surface area (Å²) in [4.78, 5) is 23.0. The summed E-state index contributed by atoms with van der Waals surface area (Å²) in [5.74, 6) is 0.455. The van der Waals surface area contributed by atoms with Gasteiger partial charge in [0, 0.05) is 35.5 Å². The quantitative estimate of drug-likeness (QED) is 0.882. The minimum absolute atomic E-state index is 0.0284. The molecule has 0 saturated carbocycles. The number of anilines is 1. The van der Waals surface area contributed by atoms with E-state index in [4.69, 9.17) is 11.6 Å². The van der Waals surface area contributed by atoms with Crippen LogP contribution in [-0.4, -0.2) is 38.9 Å². The lowest BCUT2D eigenvalue weighted by molar-refractivity contribution is 0.0157. The maximum Gasteiger partial charge on any atom is 0.257 e. The molecule has 1 fully saturated rings. The average Bonchev–Trinajstić information content (AvgIpc) is 3.02. The SMILES string of the molecule is CC1(C)CCN1C(=O)c1cnc(N[C@H]2Cc3cc(Cl)cc(C#N)c3C2)nc1. The summed E-state index contributed by atoms with van der Waals surface area (Å²) in [6.45, 7) is 4.89. The van der Waals surface area contributed by atoms with Gasteiger partial charge in [0.15, 0.2) is 0 Å². The van der Waals surface area contributed by atoms with Crippen molar-refractivity contribution in [2.75, 3.05) is 11.9 Å². The zero-order chi connectivity index (χ0) is 19.2. The summed E-state index contributed by atoms with van der Waals surface area (Å²) in [5.41, 5.74) is 3.15. The van der Waals surface area contributed by atoms with Gasteiger partial charge in [-0.1, -0.05) is 11.6 Å². The van der Waals surface area contributed by atoms with Crippen molar-refractivity contribution in [2.45, 2.75) is 44.7 Å². The first-order chi connectivity index (χ1) is 12.9. The highest BCUT2D eigenvalue weighted by atomic mass is 35.5. The van der Waals surface area contributed by atoms with Gasteiger partial charge in [0.05, 0.1) is 17.2 Å². The van der Waals surface area contributed by atoms with Crippen LogP contribution >= 0.6 is 11.6 Å². The number of aromatic nitrogens is 2. The van der Waals surface area contributed by atoms with Crippen LogP contribution in [0.1, 0.15) is 47.3 Å². The molecule has 1 aromatic carbocycles. The number of benzene rings is 1. The number of nitriles is 1. The Kier molecular flexibility index (Phi) is 4.27. The second kappa shape index (κ2) is 6.50. The minimum Gasteiger partial charge on any atom is -0.351 e. The average molecular weight is 382 g/mol. The third kappa shape index (κ3) is 3.24. The fourth-order valence-corrected chi connectivity index (χ4v) is 4.04. The first kappa shape index (κ1) is 17.7. The molecule has 2 aromatic rings. The van der Waals surface area contributed by atoms with Gasteiger partial charge >= 0.3 is 0 Å². The van der Waals surface area contributed by atoms with E-state index in [1.165, 1.54) is 0 Å². The lowest BCUT2D eigenvalue weighted by Crippen LogP contribution is -2.58. The number of nitrogens with zero attached hydrogens (tertiary/aromatic N) is 4. The van der Waals surface area contributed by atoms with Gasteiger partial charge in [0.1, 0.15) is 0 Å². The first-order valence-corrected chi connectivity index (χ1v) is 9.37. The largest absolute Gasteiger partial charge is 0.351 e. The molecule has 138 valence electrons. The maximum absolute atomic E-state index is 12.5. The number of carbonyl (C=O) groups is 1. The van der Waals surface area contributed by atoms with Gasteiger partial charge in [-0.2, -0.15) is 5.26 Å². The van der Waals surface area contributed by atoms with Gasteiger partial charge in [-0.3, -0.25) is 4.79 Å². The zero-order valence-electron chi connectivity index (χ0n) is 15.3. The lowest BCUT2D eigenvalue weighted by Gasteiger charge is -2.48. The number of hydrogen-bond donors (Lipinski definition) is 1. The molecule has 4 rings (SSSR count). The molecule has 1 saturated heterocycles. The van der Waals surface area contributed by atoms with E-state index >= 15 is 0 Å². The van der Waals surface area contributed by atoms with Crippen LogP contribution in [0.5, 0.6) is 0 Å². The molecule has 1 atom stereocenters. The fourth-order valence-electron chi connectivity index (χ4n) is 3.80. The van der Waals surface area contributed by atoms with Crippen molar-refractivity contribution in [1.82, 2.24) is 14.9 Å². The number of halogens is 1. The molecule has 0 unspecified atom stereocenters. The van der Waals surface area contributed by atoms with Gasteiger partial charge in [0.2, 0.25) is 5.95 Å². The first-order valence-electron chi connectivity index (χ1n) is 8.99. The van der Waals surface area contributed by atoms with Crippen molar-refractivity contribution >= 4 is 23.5 Å². The molecule has 0 spiro atoms. The highest BCUT2D eigenvalue weighted by Gasteiger charge is 2.39. The predicted molar refractivity (Wildman–Crippen MR) is 103 cm³/mol. The Bertz CT molecular complexity index is 948. The van der Waals surface area contributed by atoms with Crippen molar-refractivity contribution in [3.63, 3.8) is 0 Å². The van der Waals surface area contributed by atoms with Crippen LogP contribution < -0.4 is 5.32 Å². The summed E-state index contributed by atoms with van der Waals surface area (Å²) in [5, 5.41) is 13.2. The molecular weight excluding hydrogens is 362 g/mol. The van der Waals surface area contributed by atoms with Crippen LogP contribution in [0.25, 0.3) is 0 Å². The summed E-state index contributed by atoms with van der Waals surface area (Å²) in [6, 6.07) is 5.93. The summed E-state index contributed by atoms with van der Waals surface area (Å²) < 4.78 is 0. The van der Waals surface area contributed by atoms with E-state index in [0.717, 1.165) is 36.9 Å². The second-order valence-corrected chi connectivity index (χ2v) is 8.20. The van der Waals surface area contributed by atoms with E-state index in [1.54, 1.807) is 18.5 Å². The molecule has 27 heavy (non-hydrogen) atoms. The van der Waals surface area contributed by atoms with Crippen molar-refractivity contribution in [3.05, 3.63) is 51.8 Å². The van der Waals surface area contributed by atoms with E-state index in [-0.39, 0.29) is 17.5 Å². The third-order valence-electron chi connectivity index (χ3n) is 5.50. The zero-order valence-corrected chi connectivity index (χ0v) is 16.0. The van der Waals surface area contributed by atoms with Gasteiger partial charge in [0.25, 0.3) is 5.91 Å². The minimum atomic E-state index is -0.0939. The van der Waals surface area contributed by atoms with Gasteiger partial charge in [-0.05, 0) is 56.4 Å². The monoisotopic (exact) mass is 381 g/mol. The van der Waals surface area contributed by atoms with Crippen molar-refractivity contribution in [2.24, 2.45) is 0 Å². The molecule has 1 amide bonds. The van der Waals surface area contributed by atoms with E-state index in [9.17, 15) is 10.1 Å². The summed E-state index contributed by atoms with van der Waals surface area (Å²) in [7, 11) is 0. The van der Waals surface area contributed by atoms with Crippen LogP contribution in [0.4, 0.5) is 5.95 Å².